The van der Waals surface area contributed by atoms with Crippen LogP contribution in [-0.4, -0.2) is 54.1 Å². The maximum absolute atomic E-state index is 13.1. The molecule has 218 valence electrons. The zero-order valence-corrected chi connectivity index (χ0v) is 22.8. The van der Waals surface area contributed by atoms with Gasteiger partial charge in [0, 0.05) is 25.6 Å². The number of carbonyl (C=O) groups is 1. The first-order valence-corrected chi connectivity index (χ1v) is 13.0. The predicted octanol–water partition coefficient (Wildman–Crippen LogP) is 5.23. The number of carbonyl (C=O) groups excluding carboxylic acids is 1. The van der Waals surface area contributed by atoms with Gasteiger partial charge in [0.1, 0.15) is 5.75 Å². The van der Waals surface area contributed by atoms with E-state index in [0.29, 0.717) is 24.3 Å². The topological polar surface area (TPSA) is 111 Å². The van der Waals surface area contributed by atoms with E-state index in [-0.39, 0.29) is 47.1 Å². The van der Waals surface area contributed by atoms with Crippen molar-refractivity contribution in [3.05, 3.63) is 34.5 Å². The Labute approximate surface area is 230 Å². The van der Waals surface area contributed by atoms with Gasteiger partial charge in [0.05, 0.1) is 16.3 Å². The first-order chi connectivity index (χ1) is 18.2. The van der Waals surface area contributed by atoms with Crippen molar-refractivity contribution in [1.29, 1.82) is 0 Å². The molecule has 1 aliphatic carbocycles. The van der Waals surface area contributed by atoms with Gasteiger partial charge >= 0.3 is 24.4 Å². The molecule has 1 aliphatic rings. The van der Waals surface area contributed by atoms with Crippen molar-refractivity contribution >= 4 is 29.1 Å². The Hall–Kier alpha value is -2.58. The van der Waals surface area contributed by atoms with Crippen LogP contribution in [0, 0.1) is 5.92 Å². The molecule has 8 nitrogen and oxygen atoms in total. The lowest BCUT2D eigenvalue weighted by Crippen LogP contribution is -2.45. The number of hydrogen-bond acceptors (Lipinski definition) is 6. The SMILES string of the molecule is CC1CCC(O)(CNC(=O)c2nn(C)c(-c3ccc(CCCC(F)(F)F)cc3OC(F)F)c2Cl)CC1.O=S=O. The van der Waals surface area contributed by atoms with Gasteiger partial charge in [0.15, 0.2) is 5.69 Å². The molecule has 0 saturated heterocycles. The second-order valence-electron chi connectivity index (χ2n) is 9.47. The Kier molecular flexibility index (Phi) is 11.9. The average Bonchev–Trinajstić information content (AvgIpc) is 3.13. The Morgan fingerprint density at radius 2 is 1.92 bits per heavy atom. The van der Waals surface area contributed by atoms with Gasteiger partial charge < -0.3 is 15.2 Å². The summed E-state index contributed by atoms with van der Waals surface area (Å²) < 4.78 is 86.0. The number of aromatic nitrogens is 2. The summed E-state index contributed by atoms with van der Waals surface area (Å²) in [6.45, 7) is -1.07. The van der Waals surface area contributed by atoms with Crippen LogP contribution in [0.1, 0.15) is 61.5 Å². The van der Waals surface area contributed by atoms with Gasteiger partial charge in [-0.2, -0.15) is 35.5 Å². The predicted molar refractivity (Wildman–Crippen MR) is 133 cm³/mol. The zero-order chi connectivity index (χ0) is 29.4. The quantitative estimate of drug-likeness (QED) is 0.381. The Morgan fingerprint density at radius 3 is 2.49 bits per heavy atom. The molecule has 1 aromatic heterocycles. The molecule has 1 amide bonds. The number of aliphatic hydroxyl groups is 1. The van der Waals surface area contributed by atoms with Gasteiger partial charge in [-0.15, -0.1) is 0 Å². The summed E-state index contributed by atoms with van der Waals surface area (Å²) in [5.41, 5.74) is -0.561. The van der Waals surface area contributed by atoms with Crippen LogP contribution in [0.5, 0.6) is 5.75 Å². The lowest BCUT2D eigenvalue weighted by Gasteiger charge is -2.34. The Morgan fingerprint density at radius 1 is 1.31 bits per heavy atom. The second-order valence-corrected chi connectivity index (χ2v) is 9.98. The first kappa shape index (κ1) is 32.6. The molecular formula is C24H29ClF5N3O5S. The van der Waals surface area contributed by atoms with Crippen LogP contribution >= 0.6 is 11.6 Å². The smallest absolute Gasteiger partial charge is 0.389 e. The summed E-state index contributed by atoms with van der Waals surface area (Å²) in [5.74, 6) is -0.416. The molecule has 1 fully saturated rings. The van der Waals surface area contributed by atoms with E-state index >= 15 is 0 Å². The summed E-state index contributed by atoms with van der Waals surface area (Å²) in [6.07, 6.45) is -2.71. The highest BCUT2D eigenvalue weighted by atomic mass is 35.5. The van der Waals surface area contributed by atoms with Crippen LogP contribution in [-0.2, 0) is 25.0 Å². The van der Waals surface area contributed by atoms with Gasteiger partial charge in [-0.1, -0.05) is 24.6 Å². The standard InChI is InChI=1S/C24H29ClF5N3O3.O2S/c1-14-7-10-23(35,11-8-14)13-31-21(34)19-18(25)20(33(2)32-19)16-6-5-15(4-3-9-24(28,29)30)12-17(16)36-22(26)27;1-3-2/h5-6,12,14,22,35H,3-4,7-11,13H2,1-2H3,(H,31,34);. The van der Waals surface area contributed by atoms with Crippen LogP contribution in [0.3, 0.4) is 0 Å². The minimum Gasteiger partial charge on any atom is -0.434 e. The minimum atomic E-state index is -4.31. The van der Waals surface area contributed by atoms with Gasteiger partial charge in [0.25, 0.3) is 5.91 Å². The molecule has 1 heterocycles. The number of nitrogens with zero attached hydrogens (tertiary/aromatic N) is 2. The molecule has 1 saturated carbocycles. The fourth-order valence-electron chi connectivity index (χ4n) is 4.34. The van der Waals surface area contributed by atoms with E-state index in [4.69, 9.17) is 20.0 Å². The fourth-order valence-corrected chi connectivity index (χ4v) is 4.69. The molecule has 0 unspecified atom stereocenters. The lowest BCUT2D eigenvalue weighted by atomic mass is 9.79. The van der Waals surface area contributed by atoms with Crippen molar-refractivity contribution < 1.29 is 45.0 Å². The number of aryl methyl sites for hydroxylation is 2. The molecule has 2 N–H and O–H groups in total. The van der Waals surface area contributed by atoms with Gasteiger partial charge in [-0.25, -0.2) is 0 Å². The molecular weight excluding hydrogens is 573 g/mol. The highest BCUT2D eigenvalue weighted by Gasteiger charge is 2.33. The molecule has 1 aromatic carbocycles. The maximum Gasteiger partial charge on any atom is 0.389 e. The number of halogens is 6. The third-order valence-corrected chi connectivity index (χ3v) is 6.79. The summed E-state index contributed by atoms with van der Waals surface area (Å²) in [7, 11) is 1.47. The Bertz CT molecular complexity index is 1160. The van der Waals surface area contributed by atoms with Crippen molar-refractivity contribution in [2.24, 2.45) is 13.0 Å². The monoisotopic (exact) mass is 601 g/mol. The molecule has 2 aromatic rings. The van der Waals surface area contributed by atoms with E-state index in [0.717, 1.165) is 12.8 Å². The van der Waals surface area contributed by atoms with Crippen molar-refractivity contribution in [2.75, 3.05) is 6.54 Å². The molecule has 15 heteroatoms. The number of alkyl halides is 5. The number of nitrogens with one attached hydrogen (secondary N) is 1. The van der Waals surface area contributed by atoms with E-state index in [1.54, 1.807) is 0 Å². The zero-order valence-electron chi connectivity index (χ0n) is 21.2. The first-order valence-electron chi connectivity index (χ1n) is 12.0. The molecule has 3 rings (SSSR count). The van der Waals surface area contributed by atoms with Crippen LogP contribution in [0.2, 0.25) is 5.02 Å². The fraction of sp³-hybridized carbons (Fsp3) is 0.583. The van der Waals surface area contributed by atoms with Crippen LogP contribution in [0.15, 0.2) is 18.2 Å². The molecule has 0 spiro atoms. The van der Waals surface area contributed by atoms with E-state index in [2.05, 4.69) is 22.1 Å². The lowest BCUT2D eigenvalue weighted by molar-refractivity contribution is -0.135. The highest BCUT2D eigenvalue weighted by Crippen LogP contribution is 2.38. The second kappa shape index (κ2) is 14.2. The Balaban J connectivity index is 0.00000170. The van der Waals surface area contributed by atoms with Gasteiger partial charge in [-0.3, -0.25) is 9.48 Å². The molecule has 0 atom stereocenters. The van der Waals surface area contributed by atoms with Crippen molar-refractivity contribution in [3.63, 3.8) is 0 Å². The average molecular weight is 602 g/mol. The number of amides is 1. The largest absolute Gasteiger partial charge is 0.434 e. The van der Waals surface area contributed by atoms with E-state index in [1.807, 2.05) is 0 Å². The molecule has 0 aliphatic heterocycles. The minimum absolute atomic E-state index is 0.00779. The van der Waals surface area contributed by atoms with Crippen molar-refractivity contribution in [2.45, 2.75) is 70.3 Å². The normalized spacial score (nSPS) is 19.3. The van der Waals surface area contributed by atoms with E-state index < -0.39 is 42.3 Å². The maximum atomic E-state index is 13.1. The molecule has 39 heavy (non-hydrogen) atoms. The summed E-state index contributed by atoms with van der Waals surface area (Å²) in [4.78, 5) is 12.8. The summed E-state index contributed by atoms with van der Waals surface area (Å²) in [6, 6.07) is 4.13. The third kappa shape index (κ3) is 9.84. The van der Waals surface area contributed by atoms with Crippen LogP contribution < -0.4 is 10.1 Å². The highest BCUT2D eigenvalue weighted by molar-refractivity contribution is 7.51. The summed E-state index contributed by atoms with van der Waals surface area (Å²) in [5, 5.41) is 17.4. The number of ether oxygens (including phenoxy) is 1. The van der Waals surface area contributed by atoms with E-state index in [1.165, 1.54) is 29.9 Å². The van der Waals surface area contributed by atoms with E-state index in [9.17, 15) is 31.9 Å². The van der Waals surface area contributed by atoms with Crippen molar-refractivity contribution in [3.8, 4) is 17.0 Å². The summed E-state index contributed by atoms with van der Waals surface area (Å²) >= 11 is 5.69. The van der Waals surface area contributed by atoms with Crippen LogP contribution in [0.25, 0.3) is 11.3 Å². The molecule has 0 bridgehead atoms. The number of hydrogen-bond donors (Lipinski definition) is 2. The van der Waals surface area contributed by atoms with Crippen molar-refractivity contribution in [1.82, 2.24) is 15.1 Å². The van der Waals surface area contributed by atoms with Crippen LogP contribution in [0.4, 0.5) is 22.0 Å². The number of rotatable bonds is 9. The van der Waals surface area contributed by atoms with Gasteiger partial charge in [0.2, 0.25) is 0 Å². The van der Waals surface area contributed by atoms with Gasteiger partial charge in [-0.05, 0) is 62.1 Å². The number of benzene rings is 1. The third-order valence-electron chi connectivity index (χ3n) is 6.43. The molecule has 0 radical (unpaired) electrons.